The van der Waals surface area contributed by atoms with Crippen molar-refractivity contribution >= 4 is 23.4 Å². The number of rotatable bonds is 7. The molecular weight excluding hydrogens is 266 g/mol. The molecule has 1 atom stereocenters. The molecule has 0 saturated carbocycles. The molecular formula is C13H19NO4S. The van der Waals surface area contributed by atoms with Gasteiger partial charge in [-0.25, -0.2) is 0 Å². The molecule has 0 fully saturated rings. The van der Waals surface area contributed by atoms with E-state index in [1.54, 1.807) is 26.2 Å². The Bertz CT molecular complexity index is 425. The van der Waals surface area contributed by atoms with Crippen LogP contribution in [0.15, 0.2) is 23.1 Å². The van der Waals surface area contributed by atoms with E-state index in [2.05, 4.69) is 0 Å². The summed E-state index contributed by atoms with van der Waals surface area (Å²) in [5, 5.41) is 9.74. The normalized spacial score (nSPS) is 11.9. The molecule has 1 unspecified atom stereocenters. The predicted molar refractivity (Wildman–Crippen MR) is 75.4 cm³/mol. The Morgan fingerprint density at radius 3 is 2.89 bits per heavy atom. The van der Waals surface area contributed by atoms with Crippen molar-refractivity contribution < 1.29 is 19.4 Å². The number of benzene rings is 1. The molecule has 0 spiro atoms. The Morgan fingerprint density at radius 2 is 2.26 bits per heavy atom. The summed E-state index contributed by atoms with van der Waals surface area (Å²) in [5.41, 5.74) is 6.28. The highest BCUT2D eigenvalue weighted by atomic mass is 32.2. The zero-order valence-corrected chi connectivity index (χ0v) is 11.9. The van der Waals surface area contributed by atoms with E-state index in [0.717, 1.165) is 4.90 Å². The lowest BCUT2D eigenvalue weighted by molar-refractivity contribution is -0.144. The molecule has 1 aromatic rings. The molecule has 0 aliphatic carbocycles. The zero-order chi connectivity index (χ0) is 14.3. The predicted octanol–water partition coefficient (Wildman–Crippen LogP) is 1.68. The third kappa shape index (κ3) is 5.40. The maximum Gasteiger partial charge on any atom is 0.308 e. The summed E-state index contributed by atoms with van der Waals surface area (Å²) in [4.78, 5) is 12.1. The molecule has 0 heterocycles. The van der Waals surface area contributed by atoms with Crippen LogP contribution in [0.5, 0.6) is 5.75 Å². The summed E-state index contributed by atoms with van der Waals surface area (Å²) in [5.74, 6) is 0.659. The average Bonchev–Trinajstić information content (AvgIpc) is 2.37. The number of carbonyl (C=O) groups excluding carboxylic acids is 1. The smallest absolute Gasteiger partial charge is 0.308 e. The second-order valence-electron chi connectivity index (χ2n) is 3.88. The molecule has 6 heteroatoms. The summed E-state index contributed by atoms with van der Waals surface area (Å²) >= 11 is 1.41. The van der Waals surface area contributed by atoms with Crippen molar-refractivity contribution in [2.75, 3.05) is 25.2 Å². The van der Waals surface area contributed by atoms with Gasteiger partial charge in [-0.3, -0.25) is 4.79 Å². The fourth-order valence-electron chi connectivity index (χ4n) is 1.46. The molecule has 0 aliphatic rings. The minimum absolute atomic E-state index is 0.00186. The molecule has 1 rings (SSSR count). The summed E-state index contributed by atoms with van der Waals surface area (Å²) < 4.78 is 9.98. The highest BCUT2D eigenvalue weighted by Crippen LogP contribution is 2.31. The van der Waals surface area contributed by atoms with Gasteiger partial charge >= 0.3 is 5.97 Å². The molecule has 0 amide bonds. The summed E-state index contributed by atoms with van der Waals surface area (Å²) in [6.45, 7) is 2.06. The number of anilines is 1. The molecule has 1 aromatic carbocycles. The van der Waals surface area contributed by atoms with E-state index in [4.69, 9.17) is 15.2 Å². The summed E-state index contributed by atoms with van der Waals surface area (Å²) in [7, 11) is 1.56. The van der Waals surface area contributed by atoms with E-state index in [-0.39, 0.29) is 12.4 Å². The number of thioether (sulfide) groups is 1. The SMILES string of the molecule is CCOC(=O)CC(O)CSc1ccc(N)cc1OC. The standard InChI is InChI=1S/C13H19NO4S/c1-3-18-13(16)7-10(15)8-19-12-5-4-9(14)6-11(12)17-2/h4-6,10,15H,3,7-8,14H2,1-2H3. The molecule has 0 bridgehead atoms. The molecule has 0 radical (unpaired) electrons. The quantitative estimate of drug-likeness (QED) is 0.451. The van der Waals surface area contributed by atoms with Gasteiger partial charge in [0.2, 0.25) is 0 Å². The van der Waals surface area contributed by atoms with Crippen LogP contribution in [-0.2, 0) is 9.53 Å². The van der Waals surface area contributed by atoms with E-state index in [1.165, 1.54) is 11.8 Å². The van der Waals surface area contributed by atoms with Crippen LogP contribution in [0.25, 0.3) is 0 Å². The van der Waals surface area contributed by atoms with Crippen molar-refractivity contribution in [1.29, 1.82) is 0 Å². The van der Waals surface area contributed by atoms with Crippen molar-refractivity contribution in [2.24, 2.45) is 0 Å². The number of aliphatic hydroxyl groups is 1. The average molecular weight is 285 g/mol. The molecule has 0 aliphatic heterocycles. The number of carbonyl (C=O) groups is 1. The number of nitrogen functional groups attached to an aromatic ring is 1. The van der Waals surface area contributed by atoms with E-state index in [9.17, 15) is 9.90 Å². The van der Waals surface area contributed by atoms with Gasteiger partial charge in [0.05, 0.1) is 26.2 Å². The zero-order valence-electron chi connectivity index (χ0n) is 11.1. The number of hydrogen-bond donors (Lipinski definition) is 2. The minimum Gasteiger partial charge on any atom is -0.496 e. The largest absolute Gasteiger partial charge is 0.496 e. The fourth-order valence-corrected chi connectivity index (χ4v) is 2.40. The van der Waals surface area contributed by atoms with Gasteiger partial charge in [0, 0.05) is 22.4 Å². The van der Waals surface area contributed by atoms with Gasteiger partial charge < -0.3 is 20.3 Å². The molecule has 5 nitrogen and oxygen atoms in total. The number of nitrogens with two attached hydrogens (primary N) is 1. The van der Waals surface area contributed by atoms with Gasteiger partial charge in [-0.05, 0) is 19.1 Å². The first-order valence-corrected chi connectivity index (χ1v) is 6.95. The van der Waals surface area contributed by atoms with Crippen LogP contribution in [0, 0.1) is 0 Å². The number of esters is 1. The topological polar surface area (TPSA) is 81.8 Å². The van der Waals surface area contributed by atoms with Crippen molar-refractivity contribution in [3.63, 3.8) is 0 Å². The van der Waals surface area contributed by atoms with Crippen molar-refractivity contribution in [3.8, 4) is 5.75 Å². The van der Waals surface area contributed by atoms with Crippen LogP contribution >= 0.6 is 11.8 Å². The van der Waals surface area contributed by atoms with Gasteiger partial charge in [0.15, 0.2) is 0 Å². The van der Waals surface area contributed by atoms with Gasteiger partial charge in [0.1, 0.15) is 5.75 Å². The first-order valence-electron chi connectivity index (χ1n) is 5.96. The second kappa shape index (κ2) is 7.91. The first kappa shape index (κ1) is 15.7. The fraction of sp³-hybridized carbons (Fsp3) is 0.462. The van der Waals surface area contributed by atoms with Crippen LogP contribution < -0.4 is 10.5 Å². The maximum absolute atomic E-state index is 11.2. The molecule has 3 N–H and O–H groups in total. The van der Waals surface area contributed by atoms with Gasteiger partial charge in [-0.2, -0.15) is 0 Å². The van der Waals surface area contributed by atoms with Crippen LogP contribution in [0.2, 0.25) is 0 Å². The molecule has 106 valence electrons. The number of hydrogen-bond acceptors (Lipinski definition) is 6. The molecule has 19 heavy (non-hydrogen) atoms. The van der Waals surface area contributed by atoms with Crippen molar-refractivity contribution in [1.82, 2.24) is 0 Å². The minimum atomic E-state index is -0.744. The Kier molecular flexibility index (Phi) is 6.52. The van der Waals surface area contributed by atoms with Crippen LogP contribution in [0.1, 0.15) is 13.3 Å². The number of ether oxygens (including phenoxy) is 2. The highest BCUT2D eigenvalue weighted by Gasteiger charge is 2.13. The Balaban J connectivity index is 2.50. The van der Waals surface area contributed by atoms with E-state index in [0.29, 0.717) is 23.8 Å². The first-order chi connectivity index (χ1) is 9.06. The summed E-state index contributed by atoms with van der Waals surface area (Å²) in [6, 6.07) is 5.32. The maximum atomic E-state index is 11.2. The van der Waals surface area contributed by atoms with E-state index in [1.807, 2.05) is 6.07 Å². The van der Waals surface area contributed by atoms with Gasteiger partial charge in [0.25, 0.3) is 0 Å². The molecule has 0 saturated heterocycles. The van der Waals surface area contributed by atoms with Crippen LogP contribution in [0.4, 0.5) is 5.69 Å². The Morgan fingerprint density at radius 1 is 1.53 bits per heavy atom. The molecule has 0 aromatic heterocycles. The number of methoxy groups -OCH3 is 1. The lowest BCUT2D eigenvalue weighted by atomic mass is 10.3. The van der Waals surface area contributed by atoms with Gasteiger partial charge in [-0.1, -0.05) is 0 Å². The Hall–Kier alpha value is -1.40. The van der Waals surface area contributed by atoms with E-state index < -0.39 is 6.10 Å². The second-order valence-corrected chi connectivity index (χ2v) is 4.95. The third-order valence-electron chi connectivity index (χ3n) is 2.33. The highest BCUT2D eigenvalue weighted by molar-refractivity contribution is 7.99. The van der Waals surface area contributed by atoms with Crippen LogP contribution in [0.3, 0.4) is 0 Å². The van der Waals surface area contributed by atoms with Crippen molar-refractivity contribution in [2.45, 2.75) is 24.3 Å². The third-order valence-corrected chi connectivity index (χ3v) is 3.53. The lowest BCUT2D eigenvalue weighted by Gasteiger charge is -2.12. The lowest BCUT2D eigenvalue weighted by Crippen LogP contribution is -2.17. The van der Waals surface area contributed by atoms with Crippen LogP contribution in [-0.4, -0.2) is 36.6 Å². The summed E-state index contributed by atoms with van der Waals surface area (Å²) in [6.07, 6.45) is -0.746. The van der Waals surface area contributed by atoms with Gasteiger partial charge in [-0.15, -0.1) is 11.8 Å². The number of aliphatic hydroxyl groups excluding tert-OH is 1. The van der Waals surface area contributed by atoms with Crippen molar-refractivity contribution in [3.05, 3.63) is 18.2 Å². The Labute approximate surface area is 117 Å². The van der Waals surface area contributed by atoms with E-state index >= 15 is 0 Å². The monoisotopic (exact) mass is 285 g/mol.